The van der Waals surface area contributed by atoms with E-state index in [1.165, 1.54) is 4.90 Å². The molecule has 4 rings (SSSR count). The molecule has 3 N–H and O–H groups in total. The average Bonchev–Trinajstić information content (AvgIpc) is 2.89. The van der Waals surface area contributed by atoms with Gasteiger partial charge in [0.2, 0.25) is 5.91 Å². The van der Waals surface area contributed by atoms with Crippen LogP contribution in [-0.2, 0) is 16.0 Å². The van der Waals surface area contributed by atoms with Gasteiger partial charge < -0.3 is 16.0 Å². The van der Waals surface area contributed by atoms with Gasteiger partial charge >= 0.3 is 6.03 Å². The molecule has 0 spiro atoms. The largest absolute Gasteiger partial charge is 0.384 e. The van der Waals surface area contributed by atoms with Crippen LogP contribution in [-0.4, -0.2) is 40.8 Å². The van der Waals surface area contributed by atoms with Gasteiger partial charge in [-0.15, -0.1) is 0 Å². The fraction of sp³-hybridized carbons (Fsp3) is 0.310. The number of urea groups is 1. The summed E-state index contributed by atoms with van der Waals surface area (Å²) in [5.74, 6) is -1.13. The molecular weight excluding hydrogens is 502 g/mol. The Balaban J connectivity index is 1.62. The summed E-state index contributed by atoms with van der Waals surface area (Å²) in [7, 11) is 1.66. The lowest BCUT2D eigenvalue weighted by molar-refractivity contribution is -0.156. The first-order valence-corrected chi connectivity index (χ1v) is 13.0. The number of likely N-dealkylation sites (N-methyl/N-ethyl adjacent to an activating group) is 1. The molecule has 1 fully saturated rings. The van der Waals surface area contributed by atoms with Crippen molar-refractivity contribution in [2.24, 2.45) is 5.92 Å². The van der Waals surface area contributed by atoms with Crippen LogP contribution >= 0.6 is 11.6 Å². The van der Waals surface area contributed by atoms with E-state index >= 15 is 0 Å². The van der Waals surface area contributed by atoms with Gasteiger partial charge in [0.05, 0.1) is 12.0 Å². The van der Waals surface area contributed by atoms with Crippen molar-refractivity contribution in [2.45, 2.75) is 45.2 Å². The summed E-state index contributed by atoms with van der Waals surface area (Å²) >= 11 is 6.19. The molecule has 3 aromatic rings. The topological polar surface area (TPSA) is 109 Å². The fourth-order valence-electron chi connectivity index (χ4n) is 4.85. The van der Waals surface area contributed by atoms with E-state index in [2.05, 4.69) is 10.3 Å². The molecule has 8 nitrogen and oxygen atoms in total. The number of pyridine rings is 1. The third-order valence-electron chi connectivity index (χ3n) is 6.83. The minimum atomic E-state index is -0.968. The molecule has 2 aromatic carbocycles. The van der Waals surface area contributed by atoms with Gasteiger partial charge in [-0.2, -0.15) is 0 Å². The lowest BCUT2D eigenvalue weighted by atomic mass is 9.81. The third-order valence-corrected chi connectivity index (χ3v) is 7.07. The van der Waals surface area contributed by atoms with E-state index in [1.807, 2.05) is 50.2 Å². The van der Waals surface area contributed by atoms with Crippen LogP contribution in [0.3, 0.4) is 0 Å². The van der Waals surface area contributed by atoms with Gasteiger partial charge in [0.15, 0.2) is 0 Å². The second-order valence-electron chi connectivity index (χ2n) is 9.63. The first kappa shape index (κ1) is 27.1. The van der Waals surface area contributed by atoms with Crippen molar-refractivity contribution in [1.82, 2.24) is 15.2 Å². The zero-order valence-corrected chi connectivity index (χ0v) is 22.5. The number of hydrogen-bond donors (Lipinski definition) is 2. The van der Waals surface area contributed by atoms with Crippen molar-refractivity contribution < 1.29 is 14.4 Å². The maximum absolute atomic E-state index is 13.8. The Bertz CT molecular complexity index is 1350. The lowest BCUT2D eigenvalue weighted by Crippen LogP contribution is -2.70. The van der Waals surface area contributed by atoms with Crippen molar-refractivity contribution in [2.75, 3.05) is 17.7 Å². The number of rotatable bonds is 8. The number of halogens is 1. The number of nitrogens with zero attached hydrogens (tertiary/aromatic N) is 3. The fourth-order valence-corrected chi connectivity index (χ4v) is 5.05. The standard InChI is InChI=1S/C29H32ClN5O3/c1-4-7-24(20-9-6-10-21(30)17-20)33-29(38)35-26(28(37)34(3)22-11-5-8-18(2)14-22)23(27(35)36)15-19-12-13-32-25(31)16-19/h5-6,8-14,16-17,23-24,26H,4,7,15H2,1-3H3,(H2,31,32)(H,33,38)/t23-,24-,26+/m1/s1. The molecule has 1 aliphatic rings. The quantitative estimate of drug-likeness (QED) is 0.400. The number of nitrogens with one attached hydrogen (secondary N) is 1. The first-order valence-electron chi connectivity index (χ1n) is 12.6. The predicted molar refractivity (Wildman–Crippen MR) is 149 cm³/mol. The Morgan fingerprint density at radius 1 is 1.16 bits per heavy atom. The molecule has 0 saturated carbocycles. The Morgan fingerprint density at radius 2 is 1.92 bits per heavy atom. The molecule has 0 bridgehead atoms. The number of amides is 4. The molecule has 1 aromatic heterocycles. The molecule has 2 heterocycles. The van der Waals surface area contributed by atoms with E-state index in [0.29, 0.717) is 22.9 Å². The SMILES string of the molecule is CCC[C@@H](NC(=O)N1C(=O)[C@H](Cc2ccnc(N)c2)[C@H]1C(=O)N(C)c1cccc(C)c1)c1cccc(Cl)c1. The van der Waals surface area contributed by atoms with Crippen molar-refractivity contribution in [1.29, 1.82) is 0 Å². The molecule has 1 aliphatic heterocycles. The highest BCUT2D eigenvalue weighted by Gasteiger charge is 2.55. The van der Waals surface area contributed by atoms with Crippen molar-refractivity contribution >= 4 is 41.0 Å². The molecular formula is C29H32ClN5O3. The summed E-state index contributed by atoms with van der Waals surface area (Å²) in [6.45, 7) is 3.95. The summed E-state index contributed by atoms with van der Waals surface area (Å²) in [5, 5.41) is 3.52. The number of hydrogen-bond acceptors (Lipinski definition) is 5. The minimum Gasteiger partial charge on any atom is -0.384 e. The van der Waals surface area contributed by atoms with Gasteiger partial charge in [0, 0.05) is 24.0 Å². The third kappa shape index (κ3) is 5.81. The molecule has 4 amide bonds. The number of carbonyl (C=O) groups excluding carboxylic acids is 3. The Hall–Kier alpha value is -3.91. The monoisotopic (exact) mass is 533 g/mol. The number of β-lactam (4-membered cyclic amide) rings is 1. The molecule has 3 atom stereocenters. The van der Waals surface area contributed by atoms with Gasteiger partial charge in [-0.3, -0.25) is 14.5 Å². The van der Waals surface area contributed by atoms with E-state index in [4.69, 9.17) is 17.3 Å². The van der Waals surface area contributed by atoms with Gasteiger partial charge in [-0.25, -0.2) is 9.78 Å². The zero-order valence-electron chi connectivity index (χ0n) is 21.7. The highest BCUT2D eigenvalue weighted by Crippen LogP contribution is 2.34. The zero-order chi connectivity index (χ0) is 27.4. The Labute approximate surface area is 227 Å². The van der Waals surface area contributed by atoms with Gasteiger partial charge in [0.25, 0.3) is 5.91 Å². The number of imide groups is 1. The maximum atomic E-state index is 13.8. The summed E-state index contributed by atoms with van der Waals surface area (Å²) in [4.78, 5) is 47.2. The maximum Gasteiger partial charge on any atom is 0.325 e. The molecule has 38 heavy (non-hydrogen) atoms. The number of carbonyl (C=O) groups is 3. The highest BCUT2D eigenvalue weighted by molar-refractivity contribution is 6.30. The van der Waals surface area contributed by atoms with Crippen LogP contribution in [0.1, 0.15) is 42.5 Å². The number of likely N-dealkylation sites (tertiary alicyclic amines) is 1. The van der Waals surface area contributed by atoms with Crippen molar-refractivity contribution in [3.05, 3.63) is 88.6 Å². The second-order valence-corrected chi connectivity index (χ2v) is 10.1. The number of nitrogens with two attached hydrogens (primary N) is 1. The normalized spacial score (nSPS) is 17.5. The van der Waals surface area contributed by atoms with Crippen molar-refractivity contribution in [3.8, 4) is 0 Å². The lowest BCUT2D eigenvalue weighted by Gasteiger charge is -2.46. The van der Waals surface area contributed by atoms with Crippen molar-refractivity contribution in [3.63, 3.8) is 0 Å². The smallest absolute Gasteiger partial charge is 0.325 e. The van der Waals surface area contributed by atoms with Gasteiger partial charge in [0.1, 0.15) is 11.9 Å². The van der Waals surface area contributed by atoms with Crippen LogP contribution in [0.15, 0.2) is 66.9 Å². The summed E-state index contributed by atoms with van der Waals surface area (Å²) < 4.78 is 0. The second kappa shape index (κ2) is 11.6. The highest BCUT2D eigenvalue weighted by atomic mass is 35.5. The van der Waals surface area contributed by atoms with E-state index in [9.17, 15) is 14.4 Å². The molecule has 198 valence electrons. The molecule has 0 radical (unpaired) electrons. The summed E-state index contributed by atoms with van der Waals surface area (Å²) in [6, 6.07) is 16.3. The Morgan fingerprint density at radius 3 is 2.61 bits per heavy atom. The number of benzene rings is 2. The van der Waals surface area contributed by atoms with Gasteiger partial charge in [-0.1, -0.05) is 49.2 Å². The van der Waals surface area contributed by atoms with E-state index in [1.54, 1.807) is 37.5 Å². The van der Waals surface area contributed by atoms with Crippen LogP contribution in [0, 0.1) is 12.8 Å². The number of anilines is 2. The summed E-state index contributed by atoms with van der Waals surface area (Å²) in [6.07, 6.45) is 3.28. The number of aromatic nitrogens is 1. The Kier molecular flexibility index (Phi) is 8.32. The van der Waals surface area contributed by atoms with Crippen LogP contribution in [0.2, 0.25) is 5.02 Å². The molecule has 0 aliphatic carbocycles. The van der Waals surface area contributed by atoms with Crippen LogP contribution < -0.4 is 16.0 Å². The average molecular weight is 534 g/mol. The number of aryl methyl sites for hydroxylation is 1. The van der Waals surface area contributed by atoms with Crippen LogP contribution in [0.4, 0.5) is 16.3 Å². The molecule has 9 heteroatoms. The van der Waals surface area contributed by atoms with E-state index in [0.717, 1.165) is 28.0 Å². The number of nitrogen functional groups attached to an aromatic ring is 1. The van der Waals surface area contributed by atoms with Crippen LogP contribution in [0.5, 0.6) is 0 Å². The van der Waals surface area contributed by atoms with E-state index in [-0.39, 0.29) is 18.4 Å². The van der Waals surface area contributed by atoms with Crippen LogP contribution in [0.25, 0.3) is 0 Å². The summed E-state index contributed by atoms with van der Waals surface area (Å²) in [5.41, 5.74) is 9.12. The minimum absolute atomic E-state index is 0.264. The molecule has 1 saturated heterocycles. The van der Waals surface area contributed by atoms with E-state index < -0.39 is 23.9 Å². The predicted octanol–water partition coefficient (Wildman–Crippen LogP) is 4.91. The molecule has 0 unspecified atom stereocenters. The first-order chi connectivity index (χ1) is 18.2. The van der Waals surface area contributed by atoms with Gasteiger partial charge in [-0.05, 0) is 72.9 Å².